The largest absolute Gasteiger partial charge is 1.00 e. The first-order valence-electron chi connectivity index (χ1n) is 9.66. The number of hydrogen-bond donors (Lipinski definition) is 1. The molecule has 0 aromatic rings. The van der Waals surface area contributed by atoms with Crippen LogP contribution >= 0.6 is 0 Å². The summed E-state index contributed by atoms with van der Waals surface area (Å²) in [5, 5.41) is 9.50. The molecule has 2 atom stereocenters. The number of aliphatic hydroxyl groups excluding tert-OH is 1. The zero-order valence-corrected chi connectivity index (χ0v) is 18.5. The van der Waals surface area contributed by atoms with Crippen molar-refractivity contribution in [1.29, 1.82) is 0 Å². The van der Waals surface area contributed by atoms with Gasteiger partial charge in [-0.05, 0) is 33.1 Å². The van der Waals surface area contributed by atoms with Crippen molar-refractivity contribution in [3.63, 3.8) is 0 Å². The van der Waals surface area contributed by atoms with Crippen molar-refractivity contribution in [2.45, 2.75) is 91.8 Å². The van der Waals surface area contributed by atoms with Gasteiger partial charge >= 0.3 is 0 Å². The maximum Gasteiger partial charge on any atom is 0.0808 e. The van der Waals surface area contributed by atoms with E-state index in [0.717, 1.165) is 13.0 Å². The van der Waals surface area contributed by atoms with Gasteiger partial charge in [-0.1, -0.05) is 40.0 Å². The Hall–Kier alpha value is 0.610. The van der Waals surface area contributed by atoms with Crippen LogP contribution in [-0.4, -0.2) is 54.6 Å². The predicted molar refractivity (Wildman–Crippen MR) is 96.2 cm³/mol. The molecule has 0 aliphatic heterocycles. The van der Waals surface area contributed by atoms with E-state index in [-0.39, 0.29) is 36.2 Å². The number of halogens is 1. The molecule has 0 saturated heterocycles. The number of hydrogen-bond acceptors (Lipinski definition) is 2. The Bertz CT molecular complexity index is 228. The Labute approximate surface area is 162 Å². The van der Waals surface area contributed by atoms with Crippen molar-refractivity contribution in [3.8, 4) is 0 Å². The van der Waals surface area contributed by atoms with Crippen LogP contribution in [0.5, 0.6) is 0 Å². The number of unbranched alkanes of at least 4 members (excludes halogenated alkanes) is 3. The molecule has 1 N–H and O–H groups in total. The van der Waals surface area contributed by atoms with Crippen LogP contribution in [0.4, 0.5) is 0 Å². The van der Waals surface area contributed by atoms with Gasteiger partial charge in [0.2, 0.25) is 0 Å². The van der Waals surface area contributed by atoms with Crippen molar-refractivity contribution < 1.29 is 38.3 Å². The van der Waals surface area contributed by atoms with Crippen LogP contribution in [0.2, 0.25) is 0 Å². The van der Waals surface area contributed by atoms with E-state index in [2.05, 4.69) is 20.8 Å². The minimum atomic E-state index is -0.375. The van der Waals surface area contributed by atoms with Gasteiger partial charge < -0.3 is 38.3 Å². The van der Waals surface area contributed by atoms with E-state index in [9.17, 15) is 5.11 Å². The SMILES string of the molecule is CCCC[N+](CCCC)(CCCC)CCCOC(C)C(C)O.[I-]. The fourth-order valence-corrected chi connectivity index (χ4v) is 2.96. The monoisotopic (exact) mass is 443 g/mol. The molecule has 23 heavy (non-hydrogen) atoms. The van der Waals surface area contributed by atoms with Crippen LogP contribution in [0.3, 0.4) is 0 Å². The molecule has 0 rings (SSSR count). The lowest BCUT2D eigenvalue weighted by molar-refractivity contribution is -0.929. The second kappa shape index (κ2) is 16.1. The van der Waals surface area contributed by atoms with E-state index in [0.29, 0.717) is 0 Å². The Morgan fingerprint density at radius 3 is 1.52 bits per heavy atom. The molecule has 0 heterocycles. The number of nitrogens with zero attached hydrogens (tertiary/aromatic N) is 1. The standard InChI is InChI=1S/C19H42NO2.HI/c1-6-9-13-20(14-10-7-2,15-11-8-3)16-12-17-22-19(5)18(4)21;/h18-19,21H,6-17H2,1-5H3;1H/q+1;/p-1. The normalized spacial score (nSPS) is 14.3. The fraction of sp³-hybridized carbons (Fsp3) is 1.00. The van der Waals surface area contributed by atoms with E-state index >= 15 is 0 Å². The number of ether oxygens (including phenoxy) is 1. The lowest BCUT2D eigenvalue weighted by Crippen LogP contribution is -3.00. The zero-order chi connectivity index (χ0) is 16.8. The molecule has 0 spiro atoms. The smallest absolute Gasteiger partial charge is 0.0808 e. The molecule has 0 aliphatic carbocycles. The van der Waals surface area contributed by atoms with E-state index in [1.807, 2.05) is 6.92 Å². The lowest BCUT2D eigenvalue weighted by Gasteiger charge is -2.39. The third-order valence-corrected chi connectivity index (χ3v) is 4.79. The minimum absolute atomic E-state index is 0. The number of aliphatic hydroxyl groups is 1. The lowest BCUT2D eigenvalue weighted by atomic mass is 10.1. The highest BCUT2D eigenvalue weighted by molar-refractivity contribution is 4.57. The molecule has 0 aliphatic rings. The van der Waals surface area contributed by atoms with Gasteiger partial charge in [-0.3, -0.25) is 0 Å². The van der Waals surface area contributed by atoms with Crippen molar-refractivity contribution >= 4 is 0 Å². The summed E-state index contributed by atoms with van der Waals surface area (Å²) < 4.78 is 7.03. The van der Waals surface area contributed by atoms with Gasteiger partial charge in [0.05, 0.1) is 45.0 Å². The van der Waals surface area contributed by atoms with E-state index < -0.39 is 0 Å². The predicted octanol–water partition coefficient (Wildman–Crippen LogP) is 1.38. The van der Waals surface area contributed by atoms with Gasteiger partial charge in [0.15, 0.2) is 0 Å². The molecule has 2 unspecified atom stereocenters. The van der Waals surface area contributed by atoms with Gasteiger partial charge in [-0.15, -0.1) is 0 Å². The molecule has 142 valence electrons. The Morgan fingerprint density at radius 1 is 0.783 bits per heavy atom. The molecule has 0 aromatic heterocycles. The van der Waals surface area contributed by atoms with E-state index in [1.165, 1.54) is 69.2 Å². The third kappa shape index (κ3) is 12.6. The highest BCUT2D eigenvalue weighted by Gasteiger charge is 2.25. The average Bonchev–Trinajstić information content (AvgIpc) is 2.52. The van der Waals surface area contributed by atoms with Crippen molar-refractivity contribution in [2.75, 3.05) is 32.8 Å². The van der Waals surface area contributed by atoms with Crippen LogP contribution in [0.15, 0.2) is 0 Å². The molecule has 3 nitrogen and oxygen atoms in total. The van der Waals surface area contributed by atoms with Gasteiger partial charge in [0, 0.05) is 6.42 Å². The van der Waals surface area contributed by atoms with Crippen LogP contribution in [0.25, 0.3) is 0 Å². The summed E-state index contributed by atoms with van der Waals surface area (Å²) in [6.45, 7) is 16.6. The summed E-state index contributed by atoms with van der Waals surface area (Å²) in [6, 6.07) is 0. The van der Waals surface area contributed by atoms with Crippen LogP contribution in [0.1, 0.15) is 79.6 Å². The average molecular weight is 443 g/mol. The summed E-state index contributed by atoms with van der Waals surface area (Å²) in [5.74, 6) is 0. The van der Waals surface area contributed by atoms with Gasteiger partial charge in [0.25, 0.3) is 0 Å². The highest BCUT2D eigenvalue weighted by Crippen LogP contribution is 2.16. The molecule has 0 radical (unpaired) electrons. The van der Waals surface area contributed by atoms with Crippen molar-refractivity contribution in [1.82, 2.24) is 0 Å². The maximum atomic E-state index is 9.50. The quantitative estimate of drug-likeness (QED) is 0.236. The van der Waals surface area contributed by atoms with Crippen molar-refractivity contribution in [3.05, 3.63) is 0 Å². The summed E-state index contributed by atoms with van der Waals surface area (Å²) in [5.41, 5.74) is 0. The first-order valence-corrected chi connectivity index (χ1v) is 9.66. The fourth-order valence-electron chi connectivity index (χ4n) is 2.96. The van der Waals surface area contributed by atoms with Gasteiger partial charge in [-0.25, -0.2) is 0 Å². The van der Waals surface area contributed by atoms with Gasteiger partial charge in [0.1, 0.15) is 0 Å². The summed E-state index contributed by atoms with van der Waals surface area (Å²) >= 11 is 0. The summed E-state index contributed by atoms with van der Waals surface area (Å²) in [6.07, 6.45) is 8.53. The maximum absolute atomic E-state index is 9.50. The topological polar surface area (TPSA) is 29.5 Å². The van der Waals surface area contributed by atoms with E-state index in [4.69, 9.17) is 4.74 Å². The zero-order valence-electron chi connectivity index (χ0n) is 16.3. The molecule has 0 aromatic carbocycles. The Morgan fingerprint density at radius 2 is 1.17 bits per heavy atom. The van der Waals surface area contributed by atoms with Gasteiger partial charge in [-0.2, -0.15) is 0 Å². The van der Waals surface area contributed by atoms with Crippen LogP contribution in [0, 0.1) is 0 Å². The number of rotatable bonds is 15. The molecular formula is C19H42INO2. The minimum Gasteiger partial charge on any atom is -1.00 e. The molecule has 0 fully saturated rings. The first-order chi connectivity index (χ1) is 10.5. The molecule has 0 amide bonds. The molecule has 0 bridgehead atoms. The third-order valence-electron chi connectivity index (χ3n) is 4.79. The second-order valence-corrected chi connectivity index (χ2v) is 6.97. The molecule has 4 heteroatoms. The van der Waals surface area contributed by atoms with Crippen LogP contribution < -0.4 is 24.0 Å². The Balaban J connectivity index is 0. The Kier molecular flexibility index (Phi) is 18.1. The number of quaternary nitrogens is 1. The van der Waals surface area contributed by atoms with Crippen LogP contribution in [-0.2, 0) is 4.74 Å². The summed E-state index contributed by atoms with van der Waals surface area (Å²) in [7, 11) is 0. The first kappa shape index (κ1) is 25.8. The molecular weight excluding hydrogens is 401 g/mol. The second-order valence-electron chi connectivity index (χ2n) is 6.97. The van der Waals surface area contributed by atoms with E-state index in [1.54, 1.807) is 6.92 Å². The molecule has 0 saturated carbocycles. The summed E-state index contributed by atoms with van der Waals surface area (Å²) in [4.78, 5) is 0. The van der Waals surface area contributed by atoms with Crippen molar-refractivity contribution in [2.24, 2.45) is 0 Å². The highest BCUT2D eigenvalue weighted by atomic mass is 127.